The average molecular weight is 316 g/mol. The summed E-state index contributed by atoms with van der Waals surface area (Å²) in [6.45, 7) is 7.20. The van der Waals surface area contributed by atoms with Crippen LogP contribution in [0.4, 0.5) is 0 Å². The van der Waals surface area contributed by atoms with Crippen molar-refractivity contribution >= 4 is 11.7 Å². The van der Waals surface area contributed by atoms with Crippen LogP contribution < -0.4 is 0 Å². The van der Waals surface area contributed by atoms with Gasteiger partial charge in [-0.05, 0) is 52.3 Å². The van der Waals surface area contributed by atoms with Gasteiger partial charge < -0.3 is 9.80 Å². The maximum absolute atomic E-state index is 12.6. The molecule has 7 nitrogen and oxygen atoms in total. The second-order valence-corrected chi connectivity index (χ2v) is 6.37. The van der Waals surface area contributed by atoms with Crippen LogP contribution in [0.3, 0.4) is 0 Å². The number of carbonyl (C=O) groups is 1. The average Bonchev–Trinajstić information content (AvgIpc) is 3.20. The van der Waals surface area contributed by atoms with Gasteiger partial charge in [-0.25, -0.2) is 4.98 Å². The van der Waals surface area contributed by atoms with E-state index < -0.39 is 0 Å². The van der Waals surface area contributed by atoms with Crippen molar-refractivity contribution in [2.75, 3.05) is 26.7 Å². The summed E-state index contributed by atoms with van der Waals surface area (Å²) in [6.07, 6.45) is 5.34. The van der Waals surface area contributed by atoms with E-state index in [1.807, 2.05) is 20.0 Å². The molecule has 1 aliphatic rings. The third-order valence-corrected chi connectivity index (χ3v) is 4.60. The lowest BCUT2D eigenvalue weighted by molar-refractivity contribution is 0.0768. The van der Waals surface area contributed by atoms with Crippen molar-refractivity contribution in [1.82, 2.24) is 29.4 Å². The lowest BCUT2D eigenvalue weighted by Gasteiger charge is -2.26. The number of hydrogen-bond donors (Lipinski definition) is 0. The summed E-state index contributed by atoms with van der Waals surface area (Å²) in [6, 6.07) is 2.36. The van der Waals surface area contributed by atoms with E-state index in [-0.39, 0.29) is 5.91 Å². The first-order chi connectivity index (χ1) is 11.1. The van der Waals surface area contributed by atoms with Gasteiger partial charge in [0.25, 0.3) is 11.7 Å². The van der Waals surface area contributed by atoms with Gasteiger partial charge in [-0.3, -0.25) is 9.20 Å². The van der Waals surface area contributed by atoms with Gasteiger partial charge in [-0.2, -0.15) is 0 Å². The van der Waals surface area contributed by atoms with E-state index in [0.717, 1.165) is 12.1 Å². The minimum atomic E-state index is -0.114. The SMILES string of the molecule is Cc1ccn2c(C(=O)N(C)CC[C@H](C)N3CCCC3)nnc2n1. The van der Waals surface area contributed by atoms with Crippen molar-refractivity contribution in [3.63, 3.8) is 0 Å². The van der Waals surface area contributed by atoms with Crippen molar-refractivity contribution in [3.8, 4) is 0 Å². The predicted molar refractivity (Wildman–Crippen MR) is 87.4 cm³/mol. The summed E-state index contributed by atoms with van der Waals surface area (Å²) < 4.78 is 1.65. The van der Waals surface area contributed by atoms with Gasteiger partial charge in [0.05, 0.1) is 0 Å². The topological polar surface area (TPSA) is 66.6 Å². The number of aryl methyl sites for hydroxylation is 1. The molecule has 0 bridgehead atoms. The molecular weight excluding hydrogens is 292 g/mol. The van der Waals surface area contributed by atoms with Crippen molar-refractivity contribution in [2.24, 2.45) is 0 Å². The fourth-order valence-corrected chi connectivity index (χ4v) is 3.04. The van der Waals surface area contributed by atoms with Crippen LogP contribution in [0.25, 0.3) is 5.78 Å². The molecule has 0 aliphatic carbocycles. The smallest absolute Gasteiger partial charge is 0.291 e. The van der Waals surface area contributed by atoms with Crippen molar-refractivity contribution in [3.05, 3.63) is 23.8 Å². The standard InChI is InChI=1S/C16H24N6O/c1-12-6-11-22-14(18-19-16(22)17-12)15(23)20(3)10-7-13(2)21-8-4-5-9-21/h6,11,13H,4-5,7-10H2,1-3H3/t13-/m0/s1. The number of hydrogen-bond acceptors (Lipinski definition) is 5. The summed E-state index contributed by atoms with van der Waals surface area (Å²) >= 11 is 0. The molecule has 2 aromatic rings. The molecule has 0 N–H and O–H groups in total. The Hall–Kier alpha value is -2.02. The fraction of sp³-hybridized carbons (Fsp3) is 0.625. The number of aromatic nitrogens is 4. The van der Waals surface area contributed by atoms with Gasteiger partial charge >= 0.3 is 0 Å². The Labute approximate surface area is 136 Å². The molecular formula is C16H24N6O. The molecule has 0 unspecified atom stereocenters. The minimum absolute atomic E-state index is 0.114. The number of amides is 1. The summed E-state index contributed by atoms with van der Waals surface area (Å²) in [7, 11) is 1.82. The molecule has 3 heterocycles. The second-order valence-electron chi connectivity index (χ2n) is 6.37. The maximum atomic E-state index is 12.6. The second kappa shape index (κ2) is 6.62. The van der Waals surface area contributed by atoms with Crippen LogP contribution in [0.5, 0.6) is 0 Å². The minimum Gasteiger partial charge on any atom is -0.339 e. The highest BCUT2D eigenvalue weighted by Crippen LogP contribution is 2.14. The van der Waals surface area contributed by atoms with E-state index in [1.165, 1.54) is 25.9 Å². The maximum Gasteiger partial charge on any atom is 0.291 e. The lowest BCUT2D eigenvalue weighted by Crippen LogP contribution is -2.36. The van der Waals surface area contributed by atoms with E-state index in [2.05, 4.69) is 27.0 Å². The summed E-state index contributed by atoms with van der Waals surface area (Å²) in [5.41, 5.74) is 0.858. The molecule has 1 fully saturated rings. The zero-order valence-electron chi connectivity index (χ0n) is 14.1. The summed E-state index contributed by atoms with van der Waals surface area (Å²) in [5, 5.41) is 8.00. The van der Waals surface area contributed by atoms with Gasteiger partial charge in [0.1, 0.15) is 0 Å². The normalized spacial score (nSPS) is 16.8. The summed E-state index contributed by atoms with van der Waals surface area (Å²) in [5.74, 6) is 0.674. The fourth-order valence-electron chi connectivity index (χ4n) is 3.04. The highest BCUT2D eigenvalue weighted by atomic mass is 16.2. The third-order valence-electron chi connectivity index (χ3n) is 4.60. The van der Waals surface area contributed by atoms with Crippen LogP contribution in [0.2, 0.25) is 0 Å². The van der Waals surface area contributed by atoms with Crippen molar-refractivity contribution in [1.29, 1.82) is 0 Å². The van der Waals surface area contributed by atoms with Gasteiger partial charge in [0, 0.05) is 31.5 Å². The predicted octanol–water partition coefficient (Wildman–Crippen LogP) is 1.38. The first-order valence-electron chi connectivity index (χ1n) is 8.24. The van der Waals surface area contributed by atoms with E-state index in [4.69, 9.17) is 0 Å². The molecule has 23 heavy (non-hydrogen) atoms. The monoisotopic (exact) mass is 316 g/mol. The molecule has 1 saturated heterocycles. The number of rotatable bonds is 5. The first-order valence-corrected chi connectivity index (χ1v) is 8.24. The molecule has 0 saturated carbocycles. The number of likely N-dealkylation sites (tertiary alicyclic amines) is 1. The van der Waals surface area contributed by atoms with E-state index in [1.54, 1.807) is 15.5 Å². The Bertz CT molecular complexity index is 691. The number of fused-ring (bicyclic) bond motifs is 1. The Balaban J connectivity index is 1.64. The molecule has 0 radical (unpaired) electrons. The largest absolute Gasteiger partial charge is 0.339 e. The van der Waals surface area contributed by atoms with Crippen molar-refractivity contribution < 1.29 is 4.79 Å². The lowest BCUT2D eigenvalue weighted by atomic mass is 10.2. The highest BCUT2D eigenvalue weighted by molar-refractivity contribution is 5.91. The molecule has 1 atom stereocenters. The molecule has 3 rings (SSSR count). The van der Waals surface area contributed by atoms with E-state index in [0.29, 0.717) is 24.2 Å². The Morgan fingerprint density at radius 1 is 1.35 bits per heavy atom. The molecule has 7 heteroatoms. The molecule has 2 aromatic heterocycles. The third kappa shape index (κ3) is 3.34. The molecule has 0 spiro atoms. The highest BCUT2D eigenvalue weighted by Gasteiger charge is 2.22. The molecule has 1 aliphatic heterocycles. The number of carbonyl (C=O) groups excluding carboxylic acids is 1. The van der Waals surface area contributed by atoms with Crippen LogP contribution in [0, 0.1) is 6.92 Å². The zero-order chi connectivity index (χ0) is 16.4. The van der Waals surface area contributed by atoms with Gasteiger partial charge in [-0.1, -0.05) is 0 Å². The summed E-state index contributed by atoms with van der Waals surface area (Å²) in [4.78, 5) is 21.1. The van der Waals surface area contributed by atoms with E-state index in [9.17, 15) is 4.79 Å². The molecule has 0 aromatic carbocycles. The van der Waals surface area contributed by atoms with Gasteiger partial charge in [-0.15, -0.1) is 10.2 Å². The number of nitrogens with zero attached hydrogens (tertiary/aromatic N) is 6. The zero-order valence-corrected chi connectivity index (χ0v) is 14.1. The van der Waals surface area contributed by atoms with Crippen molar-refractivity contribution in [2.45, 2.75) is 39.2 Å². The van der Waals surface area contributed by atoms with Crippen LogP contribution in [-0.4, -0.2) is 68.0 Å². The molecule has 124 valence electrons. The van der Waals surface area contributed by atoms with Crippen LogP contribution in [0.15, 0.2) is 12.3 Å². The first kappa shape index (κ1) is 15.9. The van der Waals surface area contributed by atoms with E-state index >= 15 is 0 Å². The van der Waals surface area contributed by atoms with Crippen LogP contribution in [-0.2, 0) is 0 Å². The van der Waals surface area contributed by atoms with Crippen LogP contribution in [0.1, 0.15) is 42.5 Å². The van der Waals surface area contributed by atoms with Gasteiger partial charge in [0.15, 0.2) is 0 Å². The molecule has 1 amide bonds. The van der Waals surface area contributed by atoms with Gasteiger partial charge in [0.2, 0.25) is 5.82 Å². The Kier molecular flexibility index (Phi) is 4.56. The quantitative estimate of drug-likeness (QED) is 0.834. The Morgan fingerprint density at radius 3 is 2.83 bits per heavy atom. The Morgan fingerprint density at radius 2 is 2.09 bits per heavy atom. The van der Waals surface area contributed by atoms with Crippen LogP contribution >= 0.6 is 0 Å².